The lowest BCUT2D eigenvalue weighted by Crippen LogP contribution is -2.14. The molecule has 0 saturated heterocycles. The Morgan fingerprint density at radius 2 is 2.20 bits per heavy atom. The zero-order valence-electron chi connectivity index (χ0n) is 9.32. The monoisotopic (exact) mass is 205 g/mol. The van der Waals surface area contributed by atoms with Crippen molar-refractivity contribution in [2.45, 2.75) is 51.1 Å². The van der Waals surface area contributed by atoms with Gasteiger partial charge in [0, 0.05) is 18.5 Å². The van der Waals surface area contributed by atoms with Crippen molar-refractivity contribution in [3.05, 3.63) is 17.5 Å². The Hall–Kier alpha value is -0.830. The van der Waals surface area contributed by atoms with E-state index in [1.54, 1.807) is 0 Å². The average molecular weight is 205 g/mol. The van der Waals surface area contributed by atoms with Crippen LogP contribution in [0.4, 0.5) is 0 Å². The van der Waals surface area contributed by atoms with E-state index in [1.165, 1.54) is 37.1 Å². The Kier molecular flexibility index (Phi) is 2.09. The minimum atomic E-state index is 0.115. The minimum Gasteiger partial charge on any atom is -0.323 e. The van der Waals surface area contributed by atoms with Gasteiger partial charge in [0.15, 0.2) is 0 Å². The Morgan fingerprint density at radius 1 is 1.47 bits per heavy atom. The summed E-state index contributed by atoms with van der Waals surface area (Å²) in [6, 6.07) is 2.34. The Labute approximate surface area is 90.7 Å². The van der Waals surface area contributed by atoms with Crippen LogP contribution in [0.1, 0.15) is 56.0 Å². The number of hydrogen-bond donors (Lipinski definition) is 1. The minimum absolute atomic E-state index is 0.115. The molecular weight excluding hydrogens is 186 g/mol. The summed E-state index contributed by atoms with van der Waals surface area (Å²) in [6.45, 7) is 3.14. The third kappa shape index (κ3) is 1.93. The highest BCUT2D eigenvalue weighted by atomic mass is 15.3. The zero-order valence-corrected chi connectivity index (χ0v) is 9.32. The second-order valence-corrected chi connectivity index (χ2v) is 5.18. The summed E-state index contributed by atoms with van der Waals surface area (Å²) in [5.74, 6) is 1.61. The smallest absolute Gasteiger partial charge is 0.0659 e. The zero-order chi connectivity index (χ0) is 10.4. The molecule has 1 aromatic rings. The van der Waals surface area contributed by atoms with E-state index in [9.17, 15) is 0 Å². The lowest BCUT2D eigenvalue weighted by molar-refractivity contribution is 0.518. The molecule has 2 aliphatic carbocycles. The molecule has 1 aromatic heterocycles. The van der Waals surface area contributed by atoms with Gasteiger partial charge in [-0.25, -0.2) is 0 Å². The number of nitrogens with zero attached hydrogens (tertiary/aromatic N) is 2. The topological polar surface area (TPSA) is 43.8 Å². The van der Waals surface area contributed by atoms with Crippen LogP contribution in [0.5, 0.6) is 0 Å². The highest BCUT2D eigenvalue weighted by Crippen LogP contribution is 2.40. The first kappa shape index (κ1) is 9.40. The van der Waals surface area contributed by atoms with Crippen LogP contribution in [0.15, 0.2) is 6.07 Å². The Morgan fingerprint density at radius 3 is 2.73 bits per heavy atom. The fraction of sp³-hybridized carbons (Fsp3) is 0.750. The summed E-state index contributed by atoms with van der Waals surface area (Å²) in [6.07, 6.45) is 5.38. The molecule has 0 aliphatic heterocycles. The molecule has 15 heavy (non-hydrogen) atoms. The molecular formula is C12H19N3. The van der Waals surface area contributed by atoms with E-state index in [0.717, 1.165) is 18.4 Å². The Bertz CT molecular complexity index is 359. The summed E-state index contributed by atoms with van der Waals surface area (Å²) in [7, 11) is 0. The first-order valence-corrected chi connectivity index (χ1v) is 6.07. The lowest BCUT2D eigenvalue weighted by atomic mass is 10.2. The summed E-state index contributed by atoms with van der Waals surface area (Å²) in [5.41, 5.74) is 8.49. The predicted octanol–water partition coefficient (Wildman–Crippen LogP) is 2.19. The van der Waals surface area contributed by atoms with Gasteiger partial charge in [-0.3, -0.25) is 4.68 Å². The first-order chi connectivity index (χ1) is 7.24. The standard InChI is InChI=1S/C12H19N3/c1-8(13)12-6-11(10-4-5-10)14-15(12)7-9-2-3-9/h6,8-10H,2-5,7,13H2,1H3/t8-/m0/s1. The van der Waals surface area contributed by atoms with E-state index in [2.05, 4.69) is 17.7 Å². The summed E-state index contributed by atoms with van der Waals surface area (Å²) in [5, 5.41) is 4.71. The molecule has 0 unspecified atom stereocenters. The molecule has 2 aliphatic rings. The van der Waals surface area contributed by atoms with Gasteiger partial charge in [-0.2, -0.15) is 5.10 Å². The van der Waals surface area contributed by atoms with E-state index in [0.29, 0.717) is 0 Å². The number of hydrogen-bond acceptors (Lipinski definition) is 2. The number of aromatic nitrogens is 2. The van der Waals surface area contributed by atoms with Crippen LogP contribution >= 0.6 is 0 Å². The summed E-state index contributed by atoms with van der Waals surface area (Å²) < 4.78 is 2.16. The third-order valence-corrected chi connectivity index (χ3v) is 3.42. The van der Waals surface area contributed by atoms with Gasteiger partial charge >= 0.3 is 0 Å². The van der Waals surface area contributed by atoms with Crippen LogP contribution in [-0.2, 0) is 6.54 Å². The van der Waals surface area contributed by atoms with Crippen LogP contribution < -0.4 is 5.73 Å². The lowest BCUT2D eigenvalue weighted by Gasteiger charge is -2.08. The SMILES string of the molecule is C[C@H](N)c1cc(C2CC2)nn1CC1CC1. The average Bonchev–Trinajstić information content (AvgIpc) is 3.05. The maximum Gasteiger partial charge on any atom is 0.0659 e. The molecule has 0 amide bonds. The third-order valence-electron chi connectivity index (χ3n) is 3.42. The van der Waals surface area contributed by atoms with Crippen LogP contribution in [0.2, 0.25) is 0 Å². The van der Waals surface area contributed by atoms with Gasteiger partial charge in [0.25, 0.3) is 0 Å². The second kappa shape index (κ2) is 3.34. The molecule has 1 atom stereocenters. The molecule has 82 valence electrons. The van der Waals surface area contributed by atoms with Gasteiger partial charge < -0.3 is 5.73 Å². The van der Waals surface area contributed by atoms with Crippen LogP contribution in [-0.4, -0.2) is 9.78 Å². The maximum absolute atomic E-state index is 5.98. The van der Waals surface area contributed by atoms with Crippen LogP contribution in [0.3, 0.4) is 0 Å². The normalized spacial score (nSPS) is 23.1. The summed E-state index contributed by atoms with van der Waals surface area (Å²) in [4.78, 5) is 0. The molecule has 2 fully saturated rings. The van der Waals surface area contributed by atoms with Crippen molar-refractivity contribution in [3.63, 3.8) is 0 Å². The first-order valence-electron chi connectivity index (χ1n) is 6.07. The fourth-order valence-electron chi connectivity index (χ4n) is 2.09. The highest BCUT2D eigenvalue weighted by Gasteiger charge is 2.29. The quantitative estimate of drug-likeness (QED) is 0.818. The molecule has 3 rings (SSSR count). The van der Waals surface area contributed by atoms with Crippen LogP contribution in [0.25, 0.3) is 0 Å². The van der Waals surface area contributed by atoms with Gasteiger partial charge in [0.1, 0.15) is 0 Å². The van der Waals surface area contributed by atoms with E-state index < -0.39 is 0 Å². The summed E-state index contributed by atoms with van der Waals surface area (Å²) >= 11 is 0. The van der Waals surface area contributed by atoms with Gasteiger partial charge in [-0.15, -0.1) is 0 Å². The van der Waals surface area contributed by atoms with E-state index >= 15 is 0 Å². The van der Waals surface area contributed by atoms with E-state index in [4.69, 9.17) is 10.8 Å². The van der Waals surface area contributed by atoms with Crippen molar-refractivity contribution >= 4 is 0 Å². The molecule has 0 aromatic carbocycles. The Balaban J connectivity index is 1.86. The molecule has 0 spiro atoms. The van der Waals surface area contributed by atoms with Crippen molar-refractivity contribution in [1.29, 1.82) is 0 Å². The van der Waals surface area contributed by atoms with Crippen LogP contribution in [0, 0.1) is 5.92 Å². The maximum atomic E-state index is 5.98. The fourth-order valence-corrected chi connectivity index (χ4v) is 2.09. The van der Waals surface area contributed by atoms with Gasteiger partial charge in [0.2, 0.25) is 0 Å². The molecule has 0 radical (unpaired) electrons. The van der Waals surface area contributed by atoms with Crippen molar-refractivity contribution in [1.82, 2.24) is 9.78 Å². The molecule has 2 N–H and O–H groups in total. The number of nitrogens with two attached hydrogens (primary N) is 1. The molecule has 1 heterocycles. The largest absolute Gasteiger partial charge is 0.323 e. The van der Waals surface area contributed by atoms with E-state index in [1.807, 2.05) is 0 Å². The van der Waals surface area contributed by atoms with Crippen molar-refractivity contribution in [3.8, 4) is 0 Å². The van der Waals surface area contributed by atoms with Crippen molar-refractivity contribution in [2.24, 2.45) is 11.7 Å². The van der Waals surface area contributed by atoms with Gasteiger partial charge in [-0.05, 0) is 44.6 Å². The molecule has 0 bridgehead atoms. The molecule has 2 saturated carbocycles. The van der Waals surface area contributed by atoms with Gasteiger partial charge in [0.05, 0.1) is 11.4 Å². The second-order valence-electron chi connectivity index (χ2n) is 5.18. The number of rotatable bonds is 4. The molecule has 3 nitrogen and oxygen atoms in total. The van der Waals surface area contributed by atoms with E-state index in [-0.39, 0.29) is 6.04 Å². The molecule has 3 heteroatoms. The van der Waals surface area contributed by atoms with Crippen molar-refractivity contribution in [2.75, 3.05) is 0 Å². The van der Waals surface area contributed by atoms with Gasteiger partial charge in [-0.1, -0.05) is 0 Å². The predicted molar refractivity (Wildman–Crippen MR) is 59.5 cm³/mol. The van der Waals surface area contributed by atoms with Crippen molar-refractivity contribution < 1.29 is 0 Å². The highest BCUT2D eigenvalue weighted by molar-refractivity contribution is 5.20.